The average Bonchev–Trinajstić information content (AvgIpc) is 2.38. The fraction of sp³-hybridized carbons (Fsp3) is 0. The fourth-order valence-electron chi connectivity index (χ4n) is 1.32. The van der Waals surface area contributed by atoms with Crippen molar-refractivity contribution in [2.24, 2.45) is 0 Å². The molecule has 0 atom stereocenters. The van der Waals surface area contributed by atoms with Crippen molar-refractivity contribution in [2.45, 2.75) is 0 Å². The van der Waals surface area contributed by atoms with Crippen molar-refractivity contribution in [3.8, 4) is 11.8 Å². The molecule has 2 rings (SSSR count). The van der Waals surface area contributed by atoms with Crippen molar-refractivity contribution in [2.75, 3.05) is 0 Å². The molecule has 1 radical (unpaired) electrons. The standard InChI is InChI=1S/C14H10BO/c16-15-14-10-8-13(9-11-14)7-6-12-4-2-1-3-5-12/h1-5,8-11,16H. The zero-order valence-corrected chi connectivity index (χ0v) is 8.72. The van der Waals surface area contributed by atoms with E-state index in [9.17, 15) is 0 Å². The highest BCUT2D eigenvalue weighted by atomic mass is 16.2. The summed E-state index contributed by atoms with van der Waals surface area (Å²) >= 11 is 0. The summed E-state index contributed by atoms with van der Waals surface area (Å²) in [6.07, 6.45) is 0. The molecule has 75 valence electrons. The maximum absolute atomic E-state index is 8.78. The predicted octanol–water partition coefficient (Wildman–Crippen LogP) is 1.32. The van der Waals surface area contributed by atoms with Crippen LogP contribution >= 0.6 is 0 Å². The third kappa shape index (κ3) is 2.76. The van der Waals surface area contributed by atoms with Gasteiger partial charge < -0.3 is 5.02 Å². The molecule has 1 N–H and O–H groups in total. The van der Waals surface area contributed by atoms with Crippen molar-refractivity contribution < 1.29 is 5.02 Å². The van der Waals surface area contributed by atoms with E-state index in [2.05, 4.69) is 11.8 Å². The molecule has 2 aromatic rings. The Kier molecular flexibility index (Phi) is 3.43. The summed E-state index contributed by atoms with van der Waals surface area (Å²) < 4.78 is 0. The summed E-state index contributed by atoms with van der Waals surface area (Å²) in [5, 5.41) is 8.78. The van der Waals surface area contributed by atoms with E-state index in [1.54, 1.807) is 0 Å². The predicted molar refractivity (Wildman–Crippen MR) is 66.5 cm³/mol. The molecule has 0 saturated carbocycles. The van der Waals surface area contributed by atoms with Gasteiger partial charge in [-0.2, -0.15) is 0 Å². The first-order valence-electron chi connectivity index (χ1n) is 5.03. The molecule has 0 spiro atoms. The summed E-state index contributed by atoms with van der Waals surface area (Å²) in [5.74, 6) is 6.14. The molecule has 0 fully saturated rings. The summed E-state index contributed by atoms with van der Waals surface area (Å²) in [7, 11) is 1.08. The van der Waals surface area contributed by atoms with E-state index >= 15 is 0 Å². The first-order chi connectivity index (χ1) is 7.88. The number of hydrogen-bond donors (Lipinski definition) is 1. The minimum absolute atomic E-state index is 0.783. The van der Waals surface area contributed by atoms with Crippen LogP contribution in [0.1, 0.15) is 11.1 Å². The molecule has 2 heteroatoms. The Bertz CT molecular complexity index is 506. The summed E-state index contributed by atoms with van der Waals surface area (Å²) in [6.45, 7) is 0. The quantitative estimate of drug-likeness (QED) is 0.549. The van der Waals surface area contributed by atoms with Gasteiger partial charge in [0.05, 0.1) is 0 Å². The summed E-state index contributed by atoms with van der Waals surface area (Å²) in [5.41, 5.74) is 2.72. The van der Waals surface area contributed by atoms with E-state index in [0.717, 1.165) is 24.1 Å². The molecule has 0 heterocycles. The van der Waals surface area contributed by atoms with Crippen LogP contribution < -0.4 is 5.46 Å². The highest BCUT2D eigenvalue weighted by Gasteiger charge is 1.91. The largest absolute Gasteiger partial charge is 0.450 e. The van der Waals surface area contributed by atoms with Crippen LogP contribution in [0.3, 0.4) is 0 Å². The zero-order chi connectivity index (χ0) is 11.2. The Labute approximate surface area is 96.0 Å². The molecule has 0 bridgehead atoms. The van der Waals surface area contributed by atoms with Gasteiger partial charge in [-0.15, -0.1) is 0 Å². The summed E-state index contributed by atoms with van der Waals surface area (Å²) in [6, 6.07) is 17.3. The van der Waals surface area contributed by atoms with Crippen LogP contribution in [-0.4, -0.2) is 12.5 Å². The second-order valence-corrected chi connectivity index (χ2v) is 3.37. The Morgan fingerprint density at radius 2 is 1.31 bits per heavy atom. The normalized spacial score (nSPS) is 9.06. The van der Waals surface area contributed by atoms with Crippen molar-refractivity contribution in [3.05, 3.63) is 65.7 Å². The highest BCUT2D eigenvalue weighted by Crippen LogP contribution is 1.98. The maximum atomic E-state index is 8.78. The molecule has 16 heavy (non-hydrogen) atoms. The van der Waals surface area contributed by atoms with Gasteiger partial charge in [-0.05, 0) is 24.3 Å². The molecule has 2 aromatic carbocycles. The van der Waals surface area contributed by atoms with Crippen LogP contribution in [0.4, 0.5) is 0 Å². The van der Waals surface area contributed by atoms with Gasteiger partial charge in [0.1, 0.15) is 0 Å². The SMILES string of the molecule is O[B]c1ccc(C#Cc2ccccc2)cc1. The zero-order valence-electron chi connectivity index (χ0n) is 8.72. The third-order valence-electron chi connectivity index (χ3n) is 2.18. The first-order valence-corrected chi connectivity index (χ1v) is 5.03. The van der Waals surface area contributed by atoms with Gasteiger partial charge >= 0.3 is 7.48 Å². The minimum atomic E-state index is 0.783. The Balaban J connectivity index is 2.18. The molecule has 0 aliphatic carbocycles. The highest BCUT2D eigenvalue weighted by molar-refractivity contribution is 6.45. The molecule has 0 unspecified atom stereocenters. The number of rotatable bonds is 1. The minimum Gasteiger partial charge on any atom is -0.450 e. The van der Waals surface area contributed by atoms with Crippen molar-refractivity contribution in [1.29, 1.82) is 0 Å². The van der Waals surface area contributed by atoms with Crippen molar-refractivity contribution in [3.63, 3.8) is 0 Å². The van der Waals surface area contributed by atoms with Gasteiger partial charge in [0.15, 0.2) is 0 Å². The van der Waals surface area contributed by atoms with Crippen molar-refractivity contribution in [1.82, 2.24) is 0 Å². The first kappa shape index (κ1) is 10.5. The fourth-order valence-corrected chi connectivity index (χ4v) is 1.32. The second kappa shape index (κ2) is 5.20. The topological polar surface area (TPSA) is 20.2 Å². The summed E-state index contributed by atoms with van der Waals surface area (Å²) in [4.78, 5) is 0. The van der Waals surface area contributed by atoms with Crippen molar-refractivity contribution >= 4 is 12.9 Å². The maximum Gasteiger partial charge on any atom is 0.326 e. The van der Waals surface area contributed by atoms with E-state index in [0.29, 0.717) is 0 Å². The second-order valence-electron chi connectivity index (χ2n) is 3.37. The van der Waals surface area contributed by atoms with E-state index in [1.165, 1.54) is 0 Å². The average molecular weight is 205 g/mol. The smallest absolute Gasteiger partial charge is 0.326 e. The van der Waals surface area contributed by atoms with Gasteiger partial charge in [0, 0.05) is 11.1 Å². The lowest BCUT2D eigenvalue weighted by Crippen LogP contribution is -2.11. The molecule has 0 aliphatic heterocycles. The van der Waals surface area contributed by atoms with Gasteiger partial charge in [-0.25, -0.2) is 0 Å². The van der Waals surface area contributed by atoms with Crippen LogP contribution in [0, 0.1) is 11.8 Å². The van der Waals surface area contributed by atoms with Gasteiger partial charge in [0.25, 0.3) is 0 Å². The van der Waals surface area contributed by atoms with Crippen LogP contribution in [0.15, 0.2) is 54.6 Å². The van der Waals surface area contributed by atoms with E-state index in [-0.39, 0.29) is 0 Å². The lowest BCUT2D eigenvalue weighted by molar-refractivity contribution is 0.615. The van der Waals surface area contributed by atoms with Crippen LogP contribution in [-0.2, 0) is 0 Å². The van der Waals surface area contributed by atoms with E-state index in [4.69, 9.17) is 5.02 Å². The third-order valence-corrected chi connectivity index (χ3v) is 2.18. The van der Waals surface area contributed by atoms with Crippen LogP contribution in [0.2, 0.25) is 0 Å². The number of hydrogen-bond acceptors (Lipinski definition) is 1. The van der Waals surface area contributed by atoms with Gasteiger partial charge in [0.2, 0.25) is 0 Å². The lowest BCUT2D eigenvalue weighted by atomic mass is 9.88. The lowest BCUT2D eigenvalue weighted by Gasteiger charge is -1.93. The number of benzene rings is 2. The van der Waals surface area contributed by atoms with E-state index in [1.807, 2.05) is 54.6 Å². The van der Waals surface area contributed by atoms with E-state index < -0.39 is 0 Å². The molecule has 0 saturated heterocycles. The molecule has 0 amide bonds. The molecular weight excluding hydrogens is 195 g/mol. The van der Waals surface area contributed by atoms with Gasteiger partial charge in [-0.1, -0.05) is 47.6 Å². The molecule has 1 nitrogen and oxygen atoms in total. The molecule has 0 aliphatic rings. The van der Waals surface area contributed by atoms with Gasteiger partial charge in [-0.3, -0.25) is 0 Å². The van der Waals surface area contributed by atoms with Crippen LogP contribution in [0.25, 0.3) is 0 Å². The Morgan fingerprint density at radius 3 is 1.88 bits per heavy atom. The Morgan fingerprint density at radius 1 is 0.750 bits per heavy atom. The molecule has 0 aromatic heterocycles. The molecular formula is C14H10BO. The monoisotopic (exact) mass is 205 g/mol. The van der Waals surface area contributed by atoms with Crippen LogP contribution in [0.5, 0.6) is 0 Å². The Hall–Kier alpha value is -1.98.